The van der Waals surface area contributed by atoms with E-state index in [1.165, 1.54) is 12.1 Å². The maximum Gasteiger partial charge on any atom is 0.200 e. The second-order valence-corrected chi connectivity index (χ2v) is 5.67. The van der Waals surface area contributed by atoms with Gasteiger partial charge in [0.15, 0.2) is 10.6 Å². The third-order valence-corrected chi connectivity index (χ3v) is 3.78. The van der Waals surface area contributed by atoms with Gasteiger partial charge in [-0.2, -0.15) is 5.10 Å². The summed E-state index contributed by atoms with van der Waals surface area (Å²) in [7, 11) is 0. The highest BCUT2D eigenvalue weighted by molar-refractivity contribution is 9.10. The molecule has 5 nitrogen and oxygen atoms in total. The molecule has 0 fully saturated rings. The van der Waals surface area contributed by atoms with Gasteiger partial charge >= 0.3 is 0 Å². The van der Waals surface area contributed by atoms with Gasteiger partial charge in [0.1, 0.15) is 11.5 Å². The van der Waals surface area contributed by atoms with Crippen molar-refractivity contribution in [1.29, 1.82) is 0 Å². The van der Waals surface area contributed by atoms with Crippen molar-refractivity contribution in [3.8, 4) is 28.6 Å². The zero-order chi connectivity index (χ0) is 15.0. The molecule has 3 rings (SSSR count). The topological polar surface area (TPSA) is 74.1 Å². The van der Waals surface area contributed by atoms with Crippen molar-refractivity contribution in [2.45, 2.75) is 0 Å². The molecule has 0 aliphatic rings. The molecule has 1 aromatic heterocycles. The van der Waals surface area contributed by atoms with Crippen molar-refractivity contribution >= 4 is 28.1 Å². The first-order valence-corrected chi connectivity index (χ1v) is 7.22. The van der Waals surface area contributed by atoms with Crippen LogP contribution in [0.3, 0.4) is 0 Å². The van der Waals surface area contributed by atoms with E-state index in [1.807, 2.05) is 24.3 Å². The van der Waals surface area contributed by atoms with E-state index < -0.39 is 0 Å². The Balaban J connectivity index is 2.21. The van der Waals surface area contributed by atoms with Crippen LogP contribution in [0.25, 0.3) is 17.1 Å². The molecular formula is C14H10BrN3O2S. The molecule has 0 spiro atoms. The largest absolute Gasteiger partial charge is 0.508 e. The van der Waals surface area contributed by atoms with Crippen LogP contribution in [0.5, 0.6) is 11.5 Å². The van der Waals surface area contributed by atoms with Crippen molar-refractivity contribution in [3.63, 3.8) is 0 Å². The molecule has 0 unspecified atom stereocenters. The van der Waals surface area contributed by atoms with E-state index in [2.05, 4.69) is 26.1 Å². The number of nitrogens with zero attached hydrogens (tertiary/aromatic N) is 2. The van der Waals surface area contributed by atoms with E-state index in [4.69, 9.17) is 12.2 Å². The number of benzene rings is 2. The minimum atomic E-state index is -0.0673. The van der Waals surface area contributed by atoms with E-state index in [0.29, 0.717) is 16.2 Å². The molecule has 0 radical (unpaired) electrons. The number of aromatic amines is 1. The average Bonchev–Trinajstić information content (AvgIpc) is 2.82. The monoisotopic (exact) mass is 363 g/mol. The van der Waals surface area contributed by atoms with Gasteiger partial charge in [-0.3, -0.25) is 9.67 Å². The second-order valence-electron chi connectivity index (χ2n) is 4.37. The van der Waals surface area contributed by atoms with Gasteiger partial charge in [-0.25, -0.2) is 0 Å². The first-order valence-electron chi connectivity index (χ1n) is 6.02. The number of phenols is 2. The number of aromatic hydroxyl groups is 2. The van der Waals surface area contributed by atoms with E-state index in [1.54, 1.807) is 10.6 Å². The third-order valence-electron chi connectivity index (χ3n) is 2.98. The Morgan fingerprint density at radius 3 is 2.48 bits per heavy atom. The Labute approximate surface area is 133 Å². The van der Waals surface area contributed by atoms with Crippen molar-refractivity contribution < 1.29 is 10.2 Å². The first-order chi connectivity index (χ1) is 10.1. The van der Waals surface area contributed by atoms with Gasteiger partial charge in [0.2, 0.25) is 0 Å². The SMILES string of the molecule is Oc1ccc(-c2n[nH]c(=S)n2-c2ccc(Br)cc2)c(O)c1. The van der Waals surface area contributed by atoms with Crippen LogP contribution in [0, 0.1) is 4.77 Å². The van der Waals surface area contributed by atoms with E-state index >= 15 is 0 Å². The fourth-order valence-electron chi connectivity index (χ4n) is 2.02. The van der Waals surface area contributed by atoms with Gasteiger partial charge in [-0.1, -0.05) is 15.9 Å². The normalized spacial score (nSPS) is 10.7. The summed E-state index contributed by atoms with van der Waals surface area (Å²) in [5, 5.41) is 26.3. The maximum absolute atomic E-state index is 10.0. The summed E-state index contributed by atoms with van der Waals surface area (Å²) >= 11 is 8.64. The van der Waals surface area contributed by atoms with Crippen LogP contribution in [0.1, 0.15) is 0 Å². The highest BCUT2D eigenvalue weighted by Crippen LogP contribution is 2.32. The lowest BCUT2D eigenvalue weighted by Crippen LogP contribution is -1.97. The fraction of sp³-hybridized carbons (Fsp3) is 0. The average molecular weight is 364 g/mol. The van der Waals surface area contributed by atoms with Gasteiger partial charge in [0.25, 0.3) is 0 Å². The van der Waals surface area contributed by atoms with Crippen LogP contribution in [-0.2, 0) is 0 Å². The molecule has 0 saturated carbocycles. The Hall–Kier alpha value is -2.12. The predicted molar refractivity (Wildman–Crippen MR) is 85.2 cm³/mol. The third kappa shape index (κ3) is 2.57. The summed E-state index contributed by atoms with van der Waals surface area (Å²) in [5.41, 5.74) is 1.29. The number of nitrogens with one attached hydrogen (secondary N) is 1. The lowest BCUT2D eigenvalue weighted by atomic mass is 10.1. The van der Waals surface area contributed by atoms with Gasteiger partial charge in [0, 0.05) is 10.5 Å². The summed E-state index contributed by atoms with van der Waals surface area (Å²) in [6, 6.07) is 11.9. The summed E-state index contributed by atoms with van der Waals surface area (Å²) in [5.74, 6) is 0.391. The Bertz CT molecular complexity index is 855. The number of phenolic OH excluding ortho intramolecular Hbond substituents is 2. The lowest BCUT2D eigenvalue weighted by Gasteiger charge is -2.08. The summed E-state index contributed by atoms with van der Waals surface area (Å²) in [6.07, 6.45) is 0. The maximum atomic E-state index is 10.0. The van der Waals surface area contributed by atoms with E-state index in [0.717, 1.165) is 10.2 Å². The number of rotatable bonds is 2. The van der Waals surface area contributed by atoms with Crippen LogP contribution in [0.15, 0.2) is 46.9 Å². The molecule has 3 aromatic rings. The highest BCUT2D eigenvalue weighted by atomic mass is 79.9. The Morgan fingerprint density at radius 1 is 1.10 bits per heavy atom. The molecule has 0 aliphatic carbocycles. The molecule has 7 heteroatoms. The van der Waals surface area contributed by atoms with Crippen LogP contribution in [-0.4, -0.2) is 25.0 Å². The Morgan fingerprint density at radius 2 is 1.81 bits per heavy atom. The molecule has 0 saturated heterocycles. The zero-order valence-corrected chi connectivity index (χ0v) is 13.0. The summed E-state index contributed by atoms with van der Waals surface area (Å²) in [6.45, 7) is 0. The van der Waals surface area contributed by atoms with Gasteiger partial charge in [-0.15, -0.1) is 0 Å². The number of halogens is 1. The number of aromatic nitrogens is 3. The predicted octanol–water partition coefficient (Wildman–Crippen LogP) is 3.77. The molecule has 0 aliphatic heterocycles. The summed E-state index contributed by atoms with van der Waals surface area (Å²) < 4.78 is 3.09. The summed E-state index contributed by atoms with van der Waals surface area (Å²) in [4.78, 5) is 0. The van der Waals surface area contributed by atoms with Crippen LogP contribution >= 0.6 is 28.1 Å². The minimum absolute atomic E-state index is 0.0134. The van der Waals surface area contributed by atoms with E-state index in [-0.39, 0.29) is 11.5 Å². The van der Waals surface area contributed by atoms with Crippen molar-refractivity contribution in [1.82, 2.24) is 14.8 Å². The molecule has 0 bridgehead atoms. The second kappa shape index (κ2) is 5.34. The van der Waals surface area contributed by atoms with Gasteiger partial charge < -0.3 is 10.2 Å². The lowest BCUT2D eigenvalue weighted by molar-refractivity contribution is 0.451. The standard InChI is InChI=1S/C14H10BrN3O2S/c15-8-1-3-9(4-2-8)18-13(16-17-14(18)21)11-6-5-10(19)7-12(11)20/h1-7,19-20H,(H,17,21). The van der Waals surface area contributed by atoms with Crippen LogP contribution < -0.4 is 0 Å². The number of hydrogen-bond acceptors (Lipinski definition) is 4. The first kappa shape index (κ1) is 13.8. The molecule has 0 amide bonds. The molecule has 106 valence electrons. The quantitative estimate of drug-likeness (QED) is 0.605. The van der Waals surface area contributed by atoms with Crippen molar-refractivity contribution in [3.05, 3.63) is 51.7 Å². The van der Waals surface area contributed by atoms with Crippen molar-refractivity contribution in [2.75, 3.05) is 0 Å². The number of hydrogen-bond donors (Lipinski definition) is 3. The molecule has 1 heterocycles. The van der Waals surface area contributed by atoms with Gasteiger partial charge in [-0.05, 0) is 48.6 Å². The highest BCUT2D eigenvalue weighted by Gasteiger charge is 2.14. The van der Waals surface area contributed by atoms with Crippen molar-refractivity contribution in [2.24, 2.45) is 0 Å². The zero-order valence-electron chi connectivity index (χ0n) is 10.6. The minimum Gasteiger partial charge on any atom is -0.508 e. The van der Waals surface area contributed by atoms with E-state index in [9.17, 15) is 10.2 Å². The number of H-pyrrole nitrogens is 1. The van der Waals surface area contributed by atoms with Crippen LogP contribution in [0.4, 0.5) is 0 Å². The molecule has 3 N–H and O–H groups in total. The van der Waals surface area contributed by atoms with Gasteiger partial charge in [0.05, 0.1) is 11.3 Å². The molecular weight excluding hydrogens is 354 g/mol. The molecule has 0 atom stereocenters. The molecule has 2 aromatic carbocycles. The van der Waals surface area contributed by atoms with Crippen LogP contribution in [0.2, 0.25) is 0 Å². The fourth-order valence-corrected chi connectivity index (χ4v) is 2.52. The smallest absolute Gasteiger partial charge is 0.200 e. The Kier molecular flexibility index (Phi) is 3.52. The molecule has 21 heavy (non-hydrogen) atoms.